The van der Waals surface area contributed by atoms with E-state index in [-0.39, 0.29) is 6.04 Å². The minimum Gasteiger partial charge on any atom is -0.494 e. The third-order valence-electron chi connectivity index (χ3n) is 3.57. The summed E-state index contributed by atoms with van der Waals surface area (Å²) in [5, 5.41) is 3.57. The molecule has 1 aromatic heterocycles. The summed E-state index contributed by atoms with van der Waals surface area (Å²) in [6.45, 7) is 7.92. The summed E-state index contributed by atoms with van der Waals surface area (Å²) in [4.78, 5) is 4.24. The number of pyridine rings is 1. The summed E-state index contributed by atoms with van der Waals surface area (Å²) in [6.07, 6.45) is 4.82. The van der Waals surface area contributed by atoms with E-state index in [9.17, 15) is 0 Å². The second-order valence-corrected chi connectivity index (χ2v) is 4.92. The Morgan fingerprint density at radius 1 is 1.10 bits per heavy atom. The molecule has 21 heavy (non-hydrogen) atoms. The zero-order valence-electron chi connectivity index (χ0n) is 13.1. The quantitative estimate of drug-likeness (QED) is 0.841. The molecular formula is C18H24N2O. The second-order valence-electron chi connectivity index (χ2n) is 4.92. The van der Waals surface area contributed by atoms with E-state index in [0.29, 0.717) is 6.61 Å². The van der Waals surface area contributed by atoms with Crippen LogP contribution in [0.2, 0.25) is 0 Å². The third kappa shape index (κ3) is 3.82. The number of benzene rings is 1. The lowest BCUT2D eigenvalue weighted by atomic mass is 9.94. The molecule has 2 rings (SSSR count). The highest BCUT2D eigenvalue weighted by atomic mass is 16.5. The smallest absolute Gasteiger partial charge is 0.119 e. The van der Waals surface area contributed by atoms with Crippen LogP contribution in [-0.4, -0.2) is 18.1 Å². The van der Waals surface area contributed by atoms with Gasteiger partial charge in [0.15, 0.2) is 0 Å². The van der Waals surface area contributed by atoms with Crippen molar-refractivity contribution in [3.8, 4) is 5.75 Å². The molecule has 0 radical (unpaired) electrons. The van der Waals surface area contributed by atoms with Gasteiger partial charge in [-0.1, -0.05) is 26.0 Å². The van der Waals surface area contributed by atoms with E-state index in [0.717, 1.165) is 18.7 Å². The van der Waals surface area contributed by atoms with Crippen LogP contribution in [0.4, 0.5) is 0 Å². The lowest BCUT2D eigenvalue weighted by molar-refractivity contribution is 0.340. The fourth-order valence-electron chi connectivity index (χ4n) is 2.55. The third-order valence-corrected chi connectivity index (χ3v) is 3.57. The van der Waals surface area contributed by atoms with Gasteiger partial charge in [-0.15, -0.1) is 0 Å². The van der Waals surface area contributed by atoms with Gasteiger partial charge in [0.25, 0.3) is 0 Å². The van der Waals surface area contributed by atoms with Crippen molar-refractivity contribution >= 4 is 0 Å². The summed E-state index contributed by atoms with van der Waals surface area (Å²) in [7, 11) is 0. The van der Waals surface area contributed by atoms with Crippen molar-refractivity contribution in [1.29, 1.82) is 0 Å². The van der Waals surface area contributed by atoms with Crippen LogP contribution in [0.5, 0.6) is 5.75 Å². The molecule has 0 amide bonds. The molecule has 1 heterocycles. The first-order valence-corrected chi connectivity index (χ1v) is 7.69. The highest BCUT2D eigenvalue weighted by Crippen LogP contribution is 2.26. The van der Waals surface area contributed by atoms with Gasteiger partial charge in [-0.25, -0.2) is 0 Å². The summed E-state index contributed by atoms with van der Waals surface area (Å²) < 4.78 is 5.52. The van der Waals surface area contributed by atoms with Crippen molar-refractivity contribution in [2.45, 2.75) is 33.2 Å². The van der Waals surface area contributed by atoms with E-state index in [2.05, 4.69) is 42.3 Å². The first kappa shape index (κ1) is 15.5. The predicted octanol–water partition coefficient (Wildman–Crippen LogP) is 3.74. The normalized spacial score (nSPS) is 12.1. The molecule has 2 aromatic rings. The van der Waals surface area contributed by atoms with E-state index in [1.165, 1.54) is 16.7 Å². The van der Waals surface area contributed by atoms with Crippen LogP contribution in [0.15, 0.2) is 42.7 Å². The maximum absolute atomic E-state index is 5.52. The van der Waals surface area contributed by atoms with Gasteiger partial charge in [-0.2, -0.15) is 0 Å². The van der Waals surface area contributed by atoms with Crippen LogP contribution >= 0.6 is 0 Å². The molecular weight excluding hydrogens is 260 g/mol. The van der Waals surface area contributed by atoms with Gasteiger partial charge in [0.2, 0.25) is 0 Å². The average molecular weight is 284 g/mol. The van der Waals surface area contributed by atoms with Crippen molar-refractivity contribution in [3.63, 3.8) is 0 Å². The first-order chi connectivity index (χ1) is 10.3. The lowest BCUT2D eigenvalue weighted by Crippen LogP contribution is -2.23. The largest absolute Gasteiger partial charge is 0.494 e. The topological polar surface area (TPSA) is 34.1 Å². The molecule has 0 spiro atoms. The summed E-state index contributed by atoms with van der Waals surface area (Å²) in [5.74, 6) is 0.918. The monoisotopic (exact) mass is 284 g/mol. The van der Waals surface area contributed by atoms with E-state index in [1.807, 2.05) is 31.5 Å². The Bertz CT molecular complexity index is 551. The maximum atomic E-state index is 5.52. The molecule has 1 unspecified atom stereocenters. The Morgan fingerprint density at radius 2 is 1.86 bits per heavy atom. The Morgan fingerprint density at radius 3 is 2.48 bits per heavy atom. The van der Waals surface area contributed by atoms with Gasteiger partial charge in [0, 0.05) is 12.4 Å². The number of aryl methyl sites for hydroxylation is 1. The molecule has 3 nitrogen and oxygen atoms in total. The summed E-state index contributed by atoms with van der Waals surface area (Å²) in [6, 6.07) is 10.7. The predicted molar refractivity (Wildman–Crippen MR) is 86.7 cm³/mol. The van der Waals surface area contributed by atoms with Crippen molar-refractivity contribution in [1.82, 2.24) is 10.3 Å². The van der Waals surface area contributed by atoms with E-state index >= 15 is 0 Å². The number of hydrogen-bond donors (Lipinski definition) is 1. The van der Waals surface area contributed by atoms with Gasteiger partial charge in [-0.3, -0.25) is 4.98 Å². The summed E-state index contributed by atoms with van der Waals surface area (Å²) in [5.41, 5.74) is 3.84. The Balaban J connectivity index is 2.33. The fraction of sp³-hybridized carbons (Fsp3) is 0.389. The molecule has 1 N–H and O–H groups in total. The molecule has 0 aliphatic heterocycles. The molecule has 0 aliphatic carbocycles. The standard InChI is InChI=1S/C18H24N2O/c1-4-14-13-19-12-11-17(14)18(20-5-2)15-7-9-16(10-8-15)21-6-3/h7-13,18,20H,4-6H2,1-3H3. The van der Waals surface area contributed by atoms with E-state index in [4.69, 9.17) is 4.74 Å². The average Bonchev–Trinajstić information content (AvgIpc) is 2.54. The molecule has 112 valence electrons. The highest BCUT2D eigenvalue weighted by Gasteiger charge is 2.16. The van der Waals surface area contributed by atoms with Crippen LogP contribution in [-0.2, 0) is 6.42 Å². The molecule has 0 fully saturated rings. The van der Waals surface area contributed by atoms with Crippen molar-refractivity contribution in [3.05, 3.63) is 59.4 Å². The number of rotatable bonds is 7. The van der Waals surface area contributed by atoms with Crippen LogP contribution in [0, 0.1) is 0 Å². The van der Waals surface area contributed by atoms with Gasteiger partial charge in [-0.05, 0) is 54.8 Å². The number of aromatic nitrogens is 1. The zero-order valence-corrected chi connectivity index (χ0v) is 13.1. The number of nitrogens with one attached hydrogen (secondary N) is 1. The first-order valence-electron chi connectivity index (χ1n) is 7.69. The van der Waals surface area contributed by atoms with E-state index in [1.54, 1.807) is 0 Å². The van der Waals surface area contributed by atoms with Crippen molar-refractivity contribution < 1.29 is 4.74 Å². The molecule has 0 bridgehead atoms. The molecule has 0 aliphatic rings. The van der Waals surface area contributed by atoms with Crippen LogP contribution in [0.3, 0.4) is 0 Å². The lowest BCUT2D eigenvalue weighted by Gasteiger charge is -2.21. The molecule has 0 saturated carbocycles. The van der Waals surface area contributed by atoms with Crippen LogP contribution in [0.1, 0.15) is 43.5 Å². The minimum atomic E-state index is 0.198. The van der Waals surface area contributed by atoms with Crippen molar-refractivity contribution in [2.24, 2.45) is 0 Å². The molecule has 0 saturated heterocycles. The van der Waals surface area contributed by atoms with Crippen LogP contribution < -0.4 is 10.1 Å². The Kier molecular flexibility index (Phi) is 5.76. The second kappa shape index (κ2) is 7.79. The molecule has 3 heteroatoms. The van der Waals surface area contributed by atoms with Crippen LogP contribution in [0.25, 0.3) is 0 Å². The summed E-state index contributed by atoms with van der Waals surface area (Å²) >= 11 is 0. The number of hydrogen-bond acceptors (Lipinski definition) is 3. The highest BCUT2D eigenvalue weighted by molar-refractivity contribution is 5.38. The maximum Gasteiger partial charge on any atom is 0.119 e. The van der Waals surface area contributed by atoms with Crippen molar-refractivity contribution in [2.75, 3.05) is 13.2 Å². The Hall–Kier alpha value is -1.87. The van der Waals surface area contributed by atoms with Gasteiger partial charge in [0.05, 0.1) is 12.6 Å². The Labute approximate surface area is 127 Å². The SMILES string of the molecule is CCNC(c1ccc(OCC)cc1)c1ccncc1CC. The van der Waals surface area contributed by atoms with Gasteiger partial charge >= 0.3 is 0 Å². The van der Waals surface area contributed by atoms with Gasteiger partial charge in [0.1, 0.15) is 5.75 Å². The molecule has 1 atom stereocenters. The molecule has 1 aromatic carbocycles. The van der Waals surface area contributed by atoms with Gasteiger partial charge < -0.3 is 10.1 Å². The minimum absolute atomic E-state index is 0.198. The van der Waals surface area contributed by atoms with E-state index < -0.39 is 0 Å². The number of ether oxygens (including phenoxy) is 1. The fourth-order valence-corrected chi connectivity index (χ4v) is 2.55. The number of nitrogens with zero attached hydrogens (tertiary/aromatic N) is 1. The zero-order chi connectivity index (χ0) is 15.1.